The van der Waals surface area contributed by atoms with Crippen molar-refractivity contribution in [3.63, 3.8) is 0 Å². The number of nitrogens with zero attached hydrogens (tertiary/aromatic N) is 2. The highest BCUT2D eigenvalue weighted by Crippen LogP contribution is 2.13. The number of morpholine rings is 1. The molecule has 19 heavy (non-hydrogen) atoms. The fraction of sp³-hybridized carbons (Fsp3) is 0.923. The van der Waals surface area contributed by atoms with Crippen LogP contribution in [0.1, 0.15) is 20.3 Å². The second kappa shape index (κ2) is 7.43. The van der Waals surface area contributed by atoms with Crippen molar-refractivity contribution in [3.05, 3.63) is 0 Å². The van der Waals surface area contributed by atoms with E-state index in [1.165, 1.54) is 0 Å². The molecule has 0 aromatic heterocycles. The van der Waals surface area contributed by atoms with Crippen LogP contribution in [0.25, 0.3) is 0 Å². The molecule has 0 aliphatic carbocycles. The van der Waals surface area contributed by atoms with Gasteiger partial charge in [0.1, 0.15) is 0 Å². The molecule has 0 aromatic rings. The summed E-state index contributed by atoms with van der Waals surface area (Å²) in [5, 5.41) is 3.27. The highest BCUT2D eigenvalue weighted by Gasteiger charge is 2.29. The maximum Gasteiger partial charge on any atom is 0.236 e. The van der Waals surface area contributed by atoms with Crippen LogP contribution in [0, 0.1) is 0 Å². The van der Waals surface area contributed by atoms with E-state index in [0.717, 1.165) is 32.6 Å². The van der Waals surface area contributed by atoms with E-state index in [-0.39, 0.29) is 30.5 Å². The number of carbonyl (C=O) groups is 1. The fourth-order valence-corrected chi connectivity index (χ4v) is 2.88. The number of rotatable bonds is 3. The fourth-order valence-electron chi connectivity index (χ4n) is 2.88. The SMILES string of the molecule is CNC1CCN(CC(=O)N2CC(C)OC(C)C2)C1.Cl. The molecule has 2 saturated heterocycles. The smallest absolute Gasteiger partial charge is 0.236 e. The molecule has 6 heteroatoms. The first-order chi connectivity index (χ1) is 8.58. The van der Waals surface area contributed by atoms with Crippen LogP contribution in [0.15, 0.2) is 0 Å². The Morgan fingerprint density at radius 3 is 2.42 bits per heavy atom. The van der Waals surface area contributed by atoms with Crippen LogP contribution < -0.4 is 5.32 Å². The molecule has 2 rings (SSSR count). The second-order valence-corrected chi connectivity index (χ2v) is 5.57. The third-order valence-electron chi connectivity index (χ3n) is 3.81. The van der Waals surface area contributed by atoms with Crippen molar-refractivity contribution in [2.45, 2.75) is 38.5 Å². The molecular weight excluding hydrogens is 266 g/mol. The summed E-state index contributed by atoms with van der Waals surface area (Å²) in [6, 6.07) is 0.542. The maximum absolute atomic E-state index is 12.2. The van der Waals surface area contributed by atoms with Crippen molar-refractivity contribution in [2.24, 2.45) is 0 Å². The largest absolute Gasteiger partial charge is 0.372 e. The predicted molar refractivity (Wildman–Crippen MR) is 77.7 cm³/mol. The Balaban J connectivity index is 0.00000180. The minimum Gasteiger partial charge on any atom is -0.372 e. The highest BCUT2D eigenvalue weighted by atomic mass is 35.5. The van der Waals surface area contributed by atoms with E-state index in [4.69, 9.17) is 4.74 Å². The molecule has 2 heterocycles. The zero-order valence-corrected chi connectivity index (χ0v) is 12.9. The number of hydrogen-bond acceptors (Lipinski definition) is 4. The van der Waals surface area contributed by atoms with Gasteiger partial charge in [-0.25, -0.2) is 0 Å². The van der Waals surface area contributed by atoms with Crippen LogP contribution in [-0.2, 0) is 9.53 Å². The Labute approximate surface area is 122 Å². The van der Waals surface area contributed by atoms with Gasteiger partial charge in [0, 0.05) is 32.2 Å². The van der Waals surface area contributed by atoms with Crippen molar-refractivity contribution in [2.75, 3.05) is 39.8 Å². The predicted octanol–water partition coefficient (Wildman–Crippen LogP) is 0.338. The number of ether oxygens (including phenoxy) is 1. The zero-order chi connectivity index (χ0) is 13.1. The third kappa shape index (κ3) is 4.60. The summed E-state index contributed by atoms with van der Waals surface area (Å²) in [5.74, 6) is 0.244. The lowest BCUT2D eigenvalue weighted by Crippen LogP contribution is -2.51. The summed E-state index contributed by atoms with van der Waals surface area (Å²) < 4.78 is 5.65. The van der Waals surface area contributed by atoms with E-state index in [9.17, 15) is 4.79 Å². The van der Waals surface area contributed by atoms with Gasteiger partial charge in [-0.2, -0.15) is 0 Å². The Bertz CT molecular complexity index is 294. The lowest BCUT2D eigenvalue weighted by Gasteiger charge is -2.36. The Hall–Kier alpha value is -0.360. The molecule has 112 valence electrons. The standard InChI is InChI=1S/C13H25N3O2.ClH/c1-10-6-16(7-11(2)18-10)13(17)9-15-5-4-12(8-15)14-3;/h10-12,14H,4-9H2,1-3H3;1H. The highest BCUT2D eigenvalue weighted by molar-refractivity contribution is 5.85. The third-order valence-corrected chi connectivity index (χ3v) is 3.81. The number of hydrogen-bond donors (Lipinski definition) is 1. The van der Waals surface area contributed by atoms with E-state index in [0.29, 0.717) is 12.6 Å². The summed E-state index contributed by atoms with van der Waals surface area (Å²) in [4.78, 5) is 16.4. The molecule has 2 aliphatic rings. The molecule has 0 aromatic carbocycles. The molecule has 3 atom stereocenters. The van der Waals surface area contributed by atoms with Gasteiger partial charge in [-0.1, -0.05) is 0 Å². The van der Waals surface area contributed by atoms with Gasteiger partial charge in [-0.05, 0) is 27.3 Å². The Morgan fingerprint density at radius 2 is 1.89 bits per heavy atom. The van der Waals surface area contributed by atoms with Gasteiger partial charge in [0.15, 0.2) is 0 Å². The lowest BCUT2D eigenvalue weighted by molar-refractivity contribution is -0.144. The molecule has 1 N–H and O–H groups in total. The first-order valence-corrected chi connectivity index (χ1v) is 6.91. The minimum absolute atomic E-state index is 0. The molecule has 0 saturated carbocycles. The quantitative estimate of drug-likeness (QED) is 0.814. The number of halogens is 1. The number of likely N-dealkylation sites (tertiary alicyclic amines) is 1. The molecule has 0 radical (unpaired) electrons. The van der Waals surface area contributed by atoms with Crippen LogP contribution >= 0.6 is 12.4 Å². The van der Waals surface area contributed by atoms with E-state index < -0.39 is 0 Å². The summed E-state index contributed by atoms with van der Waals surface area (Å²) in [7, 11) is 1.99. The van der Waals surface area contributed by atoms with Crippen molar-refractivity contribution < 1.29 is 9.53 Å². The van der Waals surface area contributed by atoms with E-state index in [2.05, 4.69) is 10.2 Å². The minimum atomic E-state index is 0. The number of likely N-dealkylation sites (N-methyl/N-ethyl adjacent to an activating group) is 1. The van der Waals surface area contributed by atoms with Crippen LogP contribution in [0.4, 0.5) is 0 Å². The summed E-state index contributed by atoms with van der Waals surface area (Å²) in [6.45, 7) is 8.08. The molecular formula is C13H26ClN3O2. The second-order valence-electron chi connectivity index (χ2n) is 5.57. The van der Waals surface area contributed by atoms with Crippen molar-refractivity contribution in [1.82, 2.24) is 15.1 Å². The van der Waals surface area contributed by atoms with Gasteiger partial charge in [0.2, 0.25) is 5.91 Å². The summed E-state index contributed by atoms with van der Waals surface area (Å²) in [5.41, 5.74) is 0. The topological polar surface area (TPSA) is 44.8 Å². The molecule has 0 bridgehead atoms. The Kier molecular flexibility index (Phi) is 6.53. The number of carbonyl (C=O) groups excluding carboxylic acids is 1. The zero-order valence-electron chi connectivity index (χ0n) is 12.1. The number of amides is 1. The molecule has 0 spiro atoms. The van der Waals surface area contributed by atoms with Crippen molar-refractivity contribution >= 4 is 18.3 Å². The molecule has 2 fully saturated rings. The first-order valence-electron chi connectivity index (χ1n) is 6.91. The van der Waals surface area contributed by atoms with Crippen LogP contribution in [0.2, 0.25) is 0 Å². The average molecular weight is 292 g/mol. The van der Waals surface area contributed by atoms with Gasteiger partial charge in [-0.15, -0.1) is 12.4 Å². The molecule has 2 aliphatic heterocycles. The van der Waals surface area contributed by atoms with E-state index >= 15 is 0 Å². The van der Waals surface area contributed by atoms with Gasteiger partial charge < -0.3 is 15.0 Å². The monoisotopic (exact) mass is 291 g/mol. The van der Waals surface area contributed by atoms with Crippen molar-refractivity contribution in [1.29, 1.82) is 0 Å². The van der Waals surface area contributed by atoms with Crippen molar-refractivity contribution in [3.8, 4) is 0 Å². The van der Waals surface area contributed by atoms with Crippen LogP contribution in [-0.4, -0.2) is 73.7 Å². The van der Waals surface area contributed by atoms with Crippen LogP contribution in [0.3, 0.4) is 0 Å². The molecule has 5 nitrogen and oxygen atoms in total. The normalized spacial score (nSPS) is 32.2. The Morgan fingerprint density at radius 1 is 1.26 bits per heavy atom. The van der Waals surface area contributed by atoms with Gasteiger partial charge in [-0.3, -0.25) is 9.69 Å². The summed E-state index contributed by atoms with van der Waals surface area (Å²) in [6.07, 6.45) is 1.45. The van der Waals surface area contributed by atoms with Crippen LogP contribution in [0.5, 0.6) is 0 Å². The average Bonchev–Trinajstić information content (AvgIpc) is 2.75. The van der Waals surface area contributed by atoms with E-state index in [1.807, 2.05) is 25.8 Å². The first kappa shape index (κ1) is 16.7. The number of nitrogens with one attached hydrogen (secondary N) is 1. The molecule has 3 unspecified atom stereocenters. The summed E-state index contributed by atoms with van der Waals surface area (Å²) >= 11 is 0. The molecule has 1 amide bonds. The van der Waals surface area contributed by atoms with Gasteiger partial charge in [0.25, 0.3) is 0 Å². The van der Waals surface area contributed by atoms with E-state index in [1.54, 1.807) is 0 Å². The maximum atomic E-state index is 12.2. The van der Waals surface area contributed by atoms with Gasteiger partial charge in [0.05, 0.1) is 18.8 Å². The lowest BCUT2D eigenvalue weighted by atomic mass is 10.2. The van der Waals surface area contributed by atoms with Gasteiger partial charge >= 0.3 is 0 Å².